The maximum atomic E-state index is 13.1. The number of hydrogen-bond acceptors (Lipinski definition) is 5. The van der Waals surface area contributed by atoms with E-state index < -0.39 is 8.80 Å². The van der Waals surface area contributed by atoms with Crippen molar-refractivity contribution in [2.24, 2.45) is 0 Å². The second-order valence-electron chi connectivity index (χ2n) is 16.0. The molecule has 0 aromatic rings. The van der Waals surface area contributed by atoms with Crippen LogP contribution in [0.25, 0.3) is 0 Å². The molecule has 0 atom stereocenters. The molecule has 0 amide bonds. The van der Waals surface area contributed by atoms with Gasteiger partial charge in [0.05, 0.1) is 0 Å². The van der Waals surface area contributed by atoms with Gasteiger partial charge in [0.25, 0.3) is 11.9 Å². The standard InChI is InChI=1S/C46H92O5Si/c1-5-9-12-15-18-20-22-24-26-28-30-32-34-36-39-42-45(47)50-52(49-8-4,44-41-38-17-14-11-7-3)51-46(48)43-40-37-35-33-31-29-27-25-23-21-19-16-13-10-6-2/h5-44H2,1-4H3. The van der Waals surface area contributed by atoms with Gasteiger partial charge in [0.2, 0.25) is 0 Å². The van der Waals surface area contributed by atoms with Crippen LogP contribution in [-0.4, -0.2) is 27.3 Å². The Bertz CT molecular complexity index is 696. The maximum absolute atomic E-state index is 13.1. The van der Waals surface area contributed by atoms with Crippen LogP contribution in [0.5, 0.6) is 0 Å². The van der Waals surface area contributed by atoms with Gasteiger partial charge in [-0.2, -0.15) is 0 Å². The van der Waals surface area contributed by atoms with Gasteiger partial charge in [-0.25, -0.2) is 0 Å². The van der Waals surface area contributed by atoms with Gasteiger partial charge in [-0.1, -0.05) is 233 Å². The molecule has 5 nitrogen and oxygen atoms in total. The molecule has 0 aliphatic heterocycles. The zero-order valence-electron chi connectivity index (χ0n) is 35.8. The summed E-state index contributed by atoms with van der Waals surface area (Å²) in [6.07, 6.45) is 46.4. The normalized spacial score (nSPS) is 11.7. The van der Waals surface area contributed by atoms with Crippen LogP contribution in [0, 0.1) is 0 Å². The smallest absolute Gasteiger partial charge is 0.464 e. The molecule has 0 N–H and O–H groups in total. The van der Waals surface area contributed by atoms with Crippen molar-refractivity contribution >= 4 is 20.7 Å². The highest BCUT2D eigenvalue weighted by Crippen LogP contribution is 2.24. The van der Waals surface area contributed by atoms with E-state index >= 15 is 0 Å². The molecule has 0 bridgehead atoms. The summed E-state index contributed by atoms with van der Waals surface area (Å²) in [5.41, 5.74) is 0. The van der Waals surface area contributed by atoms with Crippen molar-refractivity contribution in [2.75, 3.05) is 6.61 Å². The fourth-order valence-corrected chi connectivity index (χ4v) is 9.85. The van der Waals surface area contributed by atoms with E-state index in [-0.39, 0.29) is 11.9 Å². The molecule has 0 heterocycles. The van der Waals surface area contributed by atoms with Crippen LogP contribution >= 0.6 is 0 Å². The highest BCUT2D eigenvalue weighted by molar-refractivity contribution is 6.64. The number of carbonyl (C=O) groups excluding carboxylic acids is 2. The van der Waals surface area contributed by atoms with E-state index in [1.165, 1.54) is 186 Å². The topological polar surface area (TPSA) is 61.8 Å². The van der Waals surface area contributed by atoms with E-state index in [1.54, 1.807) is 0 Å². The van der Waals surface area contributed by atoms with Crippen molar-refractivity contribution in [1.29, 1.82) is 0 Å². The van der Waals surface area contributed by atoms with E-state index in [1.807, 2.05) is 6.92 Å². The second kappa shape index (κ2) is 41.3. The molecule has 0 radical (unpaired) electrons. The minimum atomic E-state index is -3.41. The predicted molar refractivity (Wildman–Crippen MR) is 227 cm³/mol. The van der Waals surface area contributed by atoms with Crippen molar-refractivity contribution < 1.29 is 22.9 Å². The molecule has 0 aromatic carbocycles. The van der Waals surface area contributed by atoms with Crippen molar-refractivity contribution in [3.63, 3.8) is 0 Å². The summed E-state index contributed by atoms with van der Waals surface area (Å²) in [5, 5.41) is 0. The zero-order chi connectivity index (χ0) is 38.1. The van der Waals surface area contributed by atoms with E-state index in [4.69, 9.17) is 13.3 Å². The van der Waals surface area contributed by atoms with E-state index in [2.05, 4.69) is 20.8 Å². The van der Waals surface area contributed by atoms with Gasteiger partial charge in [0.15, 0.2) is 0 Å². The Morgan fingerprint density at radius 3 is 0.808 bits per heavy atom. The Morgan fingerprint density at radius 1 is 0.327 bits per heavy atom. The summed E-state index contributed by atoms with van der Waals surface area (Å²) in [5.74, 6) is -0.499. The first-order chi connectivity index (χ1) is 25.5. The van der Waals surface area contributed by atoms with Gasteiger partial charge in [0, 0.05) is 25.5 Å². The summed E-state index contributed by atoms with van der Waals surface area (Å²) < 4.78 is 18.2. The molecule has 0 rings (SSSR count). The Labute approximate surface area is 327 Å². The SMILES string of the molecule is CCCCCCCCCCCCCCCCCC(=O)O[Si](CCCCCCCC)(OCC)OC(=O)CCCCCCCCCCCCCCCCC. The van der Waals surface area contributed by atoms with Crippen molar-refractivity contribution in [3.05, 3.63) is 0 Å². The van der Waals surface area contributed by atoms with Crippen LogP contribution < -0.4 is 0 Å². The van der Waals surface area contributed by atoms with Crippen LogP contribution in [-0.2, 0) is 22.9 Å². The summed E-state index contributed by atoms with van der Waals surface area (Å²) in [7, 11) is -3.41. The first-order valence-electron chi connectivity index (χ1n) is 23.6. The Hall–Kier alpha value is -0.883. The molecule has 52 heavy (non-hydrogen) atoms. The fraction of sp³-hybridized carbons (Fsp3) is 0.957. The van der Waals surface area contributed by atoms with Crippen LogP contribution in [0.3, 0.4) is 0 Å². The van der Waals surface area contributed by atoms with E-state index in [9.17, 15) is 9.59 Å². The third-order valence-electron chi connectivity index (χ3n) is 10.7. The summed E-state index contributed by atoms with van der Waals surface area (Å²) >= 11 is 0. The average molecular weight is 753 g/mol. The van der Waals surface area contributed by atoms with Gasteiger partial charge < -0.3 is 13.3 Å². The highest BCUT2D eigenvalue weighted by atomic mass is 28.4. The monoisotopic (exact) mass is 753 g/mol. The van der Waals surface area contributed by atoms with Crippen LogP contribution in [0.15, 0.2) is 0 Å². The van der Waals surface area contributed by atoms with Gasteiger partial charge >= 0.3 is 8.80 Å². The quantitative estimate of drug-likeness (QED) is 0.0458. The average Bonchev–Trinajstić information content (AvgIpc) is 3.13. The van der Waals surface area contributed by atoms with Gasteiger partial charge in [-0.05, 0) is 26.2 Å². The molecule has 6 heteroatoms. The predicted octanol–water partition coefficient (Wildman–Crippen LogP) is 15.9. The molecule has 0 saturated carbocycles. The second-order valence-corrected chi connectivity index (χ2v) is 18.5. The molecule has 0 saturated heterocycles. The number of carbonyl (C=O) groups is 2. The molecule has 0 aliphatic carbocycles. The lowest BCUT2D eigenvalue weighted by atomic mass is 10.0. The largest absolute Gasteiger partial charge is 0.636 e. The van der Waals surface area contributed by atoms with Gasteiger partial charge in [-0.3, -0.25) is 9.59 Å². The van der Waals surface area contributed by atoms with E-state index in [0.717, 1.165) is 44.9 Å². The lowest BCUT2D eigenvalue weighted by Gasteiger charge is -2.28. The highest BCUT2D eigenvalue weighted by Gasteiger charge is 2.48. The van der Waals surface area contributed by atoms with E-state index in [0.29, 0.717) is 25.5 Å². The summed E-state index contributed by atoms with van der Waals surface area (Å²) in [4.78, 5) is 26.1. The molecule has 0 aromatic heterocycles. The number of rotatable bonds is 43. The lowest BCUT2D eigenvalue weighted by molar-refractivity contribution is -0.146. The first-order valence-corrected chi connectivity index (χ1v) is 25.5. The number of unbranched alkanes of at least 4 members (excludes halogenated alkanes) is 33. The summed E-state index contributed by atoms with van der Waals surface area (Å²) in [6.45, 7) is 9.09. The molecule has 0 fully saturated rings. The van der Waals surface area contributed by atoms with Gasteiger partial charge in [0.1, 0.15) is 0 Å². The van der Waals surface area contributed by atoms with Gasteiger partial charge in [-0.15, -0.1) is 0 Å². The third-order valence-corrected chi connectivity index (χ3v) is 13.5. The Balaban J connectivity index is 4.36. The molecule has 310 valence electrons. The van der Waals surface area contributed by atoms with Crippen LogP contribution in [0.2, 0.25) is 6.04 Å². The van der Waals surface area contributed by atoms with Crippen LogP contribution in [0.1, 0.15) is 272 Å². The minimum absolute atomic E-state index is 0.249. The molecule has 0 aliphatic rings. The van der Waals surface area contributed by atoms with Crippen molar-refractivity contribution in [3.8, 4) is 0 Å². The zero-order valence-corrected chi connectivity index (χ0v) is 36.8. The minimum Gasteiger partial charge on any atom is -0.464 e. The molecule has 0 spiro atoms. The molecular weight excluding hydrogens is 661 g/mol. The maximum Gasteiger partial charge on any atom is 0.636 e. The molecular formula is C46H92O5Si. The first kappa shape index (κ1) is 51.1. The number of hydrogen-bond donors (Lipinski definition) is 0. The Kier molecular flexibility index (Phi) is 40.6. The van der Waals surface area contributed by atoms with Crippen molar-refractivity contribution in [1.82, 2.24) is 0 Å². The summed E-state index contributed by atoms with van der Waals surface area (Å²) in [6, 6.07) is 0.544. The van der Waals surface area contributed by atoms with Crippen molar-refractivity contribution in [2.45, 2.75) is 278 Å². The Morgan fingerprint density at radius 2 is 0.558 bits per heavy atom. The van der Waals surface area contributed by atoms with Crippen LogP contribution in [0.4, 0.5) is 0 Å². The fourth-order valence-electron chi connectivity index (χ4n) is 7.33. The third kappa shape index (κ3) is 36.1. The lowest BCUT2D eigenvalue weighted by Crippen LogP contribution is -2.49. The molecule has 0 unspecified atom stereocenters.